The van der Waals surface area contributed by atoms with Gasteiger partial charge < -0.3 is 33.3 Å². The summed E-state index contributed by atoms with van der Waals surface area (Å²) in [5.41, 5.74) is 6.86. The van der Waals surface area contributed by atoms with Crippen molar-refractivity contribution in [2.75, 3.05) is 55.7 Å². The van der Waals surface area contributed by atoms with Crippen LogP contribution in [-0.4, -0.2) is 65.6 Å². The first-order valence-corrected chi connectivity index (χ1v) is 16.1. The second kappa shape index (κ2) is 13.0. The van der Waals surface area contributed by atoms with E-state index in [9.17, 15) is 0 Å². The van der Waals surface area contributed by atoms with Crippen molar-refractivity contribution >= 4 is 0 Å². The van der Waals surface area contributed by atoms with Crippen molar-refractivity contribution in [2.24, 2.45) is 0 Å². The smallest absolute Gasteiger partial charge is 0.204 e. The molecule has 9 nitrogen and oxygen atoms in total. The van der Waals surface area contributed by atoms with Gasteiger partial charge in [-0.3, -0.25) is 4.90 Å². The Labute approximate surface area is 276 Å². The van der Waals surface area contributed by atoms with Crippen LogP contribution >= 0.6 is 0 Å². The number of likely N-dealkylation sites (N-methyl/N-ethyl adjacent to an activating group) is 1. The number of rotatable bonds is 5. The molecule has 0 N–H and O–H groups in total. The predicted molar refractivity (Wildman–Crippen MR) is 179 cm³/mol. The summed E-state index contributed by atoms with van der Waals surface area (Å²) in [4.78, 5) is 8.42. The summed E-state index contributed by atoms with van der Waals surface area (Å²) in [7, 11) is 10.6. The van der Waals surface area contributed by atoms with Crippen molar-refractivity contribution in [2.45, 2.75) is 37.8 Å². The summed E-state index contributed by atoms with van der Waals surface area (Å²) in [5, 5.41) is 2.01. The van der Waals surface area contributed by atoms with E-state index in [2.05, 4.69) is 48.3 Å². The van der Waals surface area contributed by atoms with Gasteiger partial charge >= 0.3 is 0 Å². The molecule has 0 fully saturated rings. The van der Waals surface area contributed by atoms with Gasteiger partial charge in [-0.1, -0.05) is 18.2 Å². The molecular formula is C38H42N2O7. The fourth-order valence-electron chi connectivity index (χ4n) is 7.30. The Morgan fingerprint density at radius 3 is 2.04 bits per heavy atom. The van der Waals surface area contributed by atoms with E-state index < -0.39 is 0 Å². The maximum atomic E-state index is 7.02. The van der Waals surface area contributed by atoms with Gasteiger partial charge in [-0.2, -0.15) is 5.06 Å². The van der Waals surface area contributed by atoms with Gasteiger partial charge in [-0.25, -0.2) is 0 Å². The SMILES string of the molecule is COc1ccc2cc1Oc1ccc(cc1)C[C@H]1c3cc(c(OC)cc3CCN1C)Oc1c(OC)c(OC)cc3c1[C@H](C2)N(OC)CC3. The van der Waals surface area contributed by atoms with Crippen LogP contribution in [0.1, 0.15) is 45.5 Å². The highest BCUT2D eigenvalue weighted by Gasteiger charge is 2.36. The van der Waals surface area contributed by atoms with E-state index in [0.717, 1.165) is 48.2 Å². The monoisotopic (exact) mass is 638 g/mol. The molecule has 4 aromatic rings. The molecule has 4 aliphatic heterocycles. The Kier molecular flexibility index (Phi) is 8.61. The highest BCUT2D eigenvalue weighted by Crippen LogP contribution is 2.52. The van der Waals surface area contributed by atoms with Crippen LogP contribution in [0, 0.1) is 0 Å². The Bertz CT molecular complexity index is 1770. The van der Waals surface area contributed by atoms with E-state index in [4.69, 9.17) is 33.3 Å². The highest BCUT2D eigenvalue weighted by molar-refractivity contribution is 5.63. The molecule has 4 heterocycles. The normalized spacial score (nSPS) is 19.0. The van der Waals surface area contributed by atoms with Gasteiger partial charge in [0.05, 0.1) is 41.6 Å². The van der Waals surface area contributed by atoms with E-state index in [1.165, 1.54) is 16.7 Å². The number of hydrogen-bond donors (Lipinski definition) is 0. The third kappa shape index (κ3) is 5.73. The molecule has 0 unspecified atom stereocenters. The third-order valence-electron chi connectivity index (χ3n) is 9.77. The van der Waals surface area contributed by atoms with E-state index in [-0.39, 0.29) is 12.1 Å². The molecule has 0 spiro atoms. The molecule has 0 saturated heterocycles. The van der Waals surface area contributed by atoms with Gasteiger partial charge in [0.15, 0.2) is 34.5 Å². The number of methoxy groups -OCH3 is 4. The number of hydroxylamine groups is 2. The molecule has 0 radical (unpaired) electrons. The average Bonchev–Trinajstić information content (AvgIpc) is 3.09. The predicted octanol–water partition coefficient (Wildman–Crippen LogP) is 7.09. The van der Waals surface area contributed by atoms with Gasteiger partial charge in [-0.15, -0.1) is 0 Å². The summed E-state index contributed by atoms with van der Waals surface area (Å²) >= 11 is 0. The first kappa shape index (κ1) is 31.2. The van der Waals surface area contributed by atoms with Gasteiger partial charge in [0.2, 0.25) is 5.75 Å². The molecule has 0 aliphatic carbocycles. The zero-order valence-corrected chi connectivity index (χ0v) is 27.9. The van der Waals surface area contributed by atoms with Crippen LogP contribution in [0.5, 0.6) is 46.0 Å². The zero-order chi connectivity index (χ0) is 32.7. The van der Waals surface area contributed by atoms with Crippen molar-refractivity contribution in [3.8, 4) is 46.0 Å². The quantitative estimate of drug-likeness (QED) is 0.228. The minimum Gasteiger partial charge on any atom is -0.493 e. The summed E-state index contributed by atoms with van der Waals surface area (Å²) in [5.74, 6) is 5.11. The lowest BCUT2D eigenvalue weighted by atomic mass is 9.87. The molecular weight excluding hydrogens is 596 g/mol. The lowest BCUT2D eigenvalue weighted by molar-refractivity contribution is -0.167. The lowest BCUT2D eigenvalue weighted by Gasteiger charge is -2.38. The molecule has 2 atom stereocenters. The summed E-state index contributed by atoms with van der Waals surface area (Å²) in [6.45, 7) is 1.65. The van der Waals surface area contributed by atoms with Gasteiger partial charge in [0.1, 0.15) is 5.75 Å². The van der Waals surface area contributed by atoms with Gasteiger partial charge in [-0.05, 0) is 103 Å². The Hall–Kier alpha value is -4.44. The molecule has 0 aromatic heterocycles. The van der Waals surface area contributed by atoms with Gasteiger partial charge in [0, 0.05) is 24.7 Å². The van der Waals surface area contributed by atoms with Crippen molar-refractivity contribution < 1.29 is 33.3 Å². The Morgan fingerprint density at radius 2 is 1.32 bits per heavy atom. The van der Waals surface area contributed by atoms with Gasteiger partial charge in [0.25, 0.3) is 0 Å². The average molecular weight is 639 g/mol. The molecule has 9 heteroatoms. The minimum absolute atomic E-state index is 0.146. The fraction of sp³-hybridized carbons (Fsp3) is 0.368. The molecule has 8 rings (SSSR count). The summed E-state index contributed by atoms with van der Waals surface area (Å²) in [6, 6.07) is 20.7. The number of nitrogens with zero attached hydrogens (tertiary/aromatic N) is 2. The van der Waals surface area contributed by atoms with Crippen LogP contribution in [0.4, 0.5) is 0 Å². The van der Waals surface area contributed by atoms with Crippen LogP contribution in [0.25, 0.3) is 0 Å². The number of ether oxygens (including phenoxy) is 6. The molecule has 0 amide bonds. The standard InChI is InChI=1S/C38H42N2O7/c1-39-15-13-25-20-32(42-3)34-22-28(25)29(39)17-23-7-10-27(11-8-23)46-33-19-24(9-12-31(33)41-2)18-30-36-26(14-16-40(30)45-6)21-35(43-4)37(44-5)38(36)47-34/h7-12,19-22,29-30H,13-18H2,1-6H3/t29-,30-/m0/s1. The van der Waals surface area contributed by atoms with Crippen LogP contribution in [0.2, 0.25) is 0 Å². The third-order valence-corrected chi connectivity index (χ3v) is 9.77. The van der Waals surface area contributed by atoms with E-state index in [1.807, 2.05) is 29.3 Å². The molecule has 246 valence electrons. The van der Waals surface area contributed by atoms with E-state index >= 15 is 0 Å². The first-order chi connectivity index (χ1) is 22.9. The number of fused-ring (bicyclic) bond motifs is 2. The zero-order valence-electron chi connectivity index (χ0n) is 27.9. The molecule has 4 aromatic carbocycles. The van der Waals surface area contributed by atoms with Crippen molar-refractivity contribution in [3.63, 3.8) is 0 Å². The van der Waals surface area contributed by atoms with E-state index in [0.29, 0.717) is 53.2 Å². The van der Waals surface area contributed by atoms with E-state index in [1.54, 1.807) is 35.5 Å². The second-order valence-corrected chi connectivity index (χ2v) is 12.3. The summed E-state index contributed by atoms with van der Waals surface area (Å²) in [6.07, 6.45) is 3.11. The Morgan fingerprint density at radius 1 is 0.638 bits per heavy atom. The van der Waals surface area contributed by atoms with Crippen molar-refractivity contribution in [1.29, 1.82) is 0 Å². The maximum absolute atomic E-state index is 7.02. The molecule has 47 heavy (non-hydrogen) atoms. The number of hydrogen-bond acceptors (Lipinski definition) is 9. The topological polar surface area (TPSA) is 71.1 Å². The first-order valence-electron chi connectivity index (χ1n) is 16.1. The van der Waals surface area contributed by atoms with Crippen LogP contribution in [0.3, 0.4) is 0 Å². The van der Waals surface area contributed by atoms with Crippen molar-refractivity contribution in [1.82, 2.24) is 9.96 Å². The minimum atomic E-state index is -0.208. The number of benzene rings is 4. The molecule has 6 bridgehead atoms. The second-order valence-electron chi connectivity index (χ2n) is 12.3. The lowest BCUT2D eigenvalue weighted by Crippen LogP contribution is -2.36. The molecule has 0 saturated carbocycles. The maximum Gasteiger partial charge on any atom is 0.204 e. The largest absolute Gasteiger partial charge is 0.493 e. The Balaban J connectivity index is 1.48. The fourth-order valence-corrected chi connectivity index (χ4v) is 7.30. The molecule has 4 aliphatic rings. The van der Waals surface area contributed by atoms with Crippen LogP contribution in [0.15, 0.2) is 60.7 Å². The van der Waals surface area contributed by atoms with Crippen LogP contribution in [-0.2, 0) is 30.5 Å². The highest BCUT2D eigenvalue weighted by atomic mass is 16.7. The van der Waals surface area contributed by atoms with Crippen LogP contribution < -0.4 is 28.4 Å². The summed E-state index contributed by atoms with van der Waals surface area (Å²) < 4.78 is 37.1. The van der Waals surface area contributed by atoms with Crippen molar-refractivity contribution in [3.05, 3.63) is 94.0 Å².